The Morgan fingerprint density at radius 3 is 2.30 bits per heavy atom. The number of carbonyl (C=O) groups excluding carboxylic acids is 1. The van der Waals surface area contributed by atoms with E-state index in [1.54, 1.807) is 34.6 Å². The van der Waals surface area contributed by atoms with E-state index in [2.05, 4.69) is 0 Å². The van der Waals surface area contributed by atoms with Gasteiger partial charge in [-0.25, -0.2) is 9.59 Å². The fourth-order valence-corrected chi connectivity index (χ4v) is 2.43. The first-order valence-electron chi connectivity index (χ1n) is 6.93. The first kappa shape index (κ1) is 16.8. The predicted molar refractivity (Wildman–Crippen MR) is 73.6 cm³/mol. The van der Waals surface area contributed by atoms with Crippen molar-refractivity contribution in [3.05, 3.63) is 0 Å². The molecule has 1 heterocycles. The van der Waals surface area contributed by atoms with Gasteiger partial charge in [0.1, 0.15) is 5.60 Å². The normalized spacial score (nSPS) is 23.5. The highest BCUT2D eigenvalue weighted by atomic mass is 16.6. The highest BCUT2D eigenvalue weighted by Crippen LogP contribution is 2.30. The van der Waals surface area contributed by atoms with Gasteiger partial charge >= 0.3 is 12.1 Å². The zero-order valence-corrected chi connectivity index (χ0v) is 12.9. The average molecular weight is 287 g/mol. The van der Waals surface area contributed by atoms with Gasteiger partial charge in [0.05, 0.1) is 6.61 Å². The number of hydrogen-bond acceptors (Lipinski definition) is 4. The molecule has 0 aromatic heterocycles. The Kier molecular flexibility index (Phi) is 5.02. The van der Waals surface area contributed by atoms with Crippen molar-refractivity contribution in [3.8, 4) is 0 Å². The summed E-state index contributed by atoms with van der Waals surface area (Å²) in [6, 6.07) is -0.289. The fourth-order valence-electron chi connectivity index (χ4n) is 2.43. The molecule has 0 aliphatic carbocycles. The van der Waals surface area contributed by atoms with Crippen LogP contribution >= 0.6 is 0 Å². The molecule has 1 unspecified atom stereocenters. The zero-order valence-electron chi connectivity index (χ0n) is 12.9. The molecule has 0 aromatic rings. The maximum Gasteiger partial charge on any atom is 0.411 e. The lowest BCUT2D eigenvalue weighted by atomic mass is 9.89. The Labute approximate surface area is 120 Å². The number of amides is 1. The average Bonchev–Trinajstić information content (AvgIpc) is 2.26. The van der Waals surface area contributed by atoms with Gasteiger partial charge in [0.25, 0.3) is 0 Å². The fraction of sp³-hybridized carbons (Fsp3) is 0.857. The molecular formula is C14H25NO5. The van der Waals surface area contributed by atoms with Crippen LogP contribution in [0.2, 0.25) is 0 Å². The van der Waals surface area contributed by atoms with Crippen LogP contribution in [0.25, 0.3) is 0 Å². The molecule has 20 heavy (non-hydrogen) atoms. The number of nitrogens with zero attached hydrogens (tertiary/aromatic N) is 1. The summed E-state index contributed by atoms with van der Waals surface area (Å²) >= 11 is 0. The summed E-state index contributed by atoms with van der Waals surface area (Å²) < 4.78 is 10.7. The number of rotatable bonds is 3. The molecule has 1 aliphatic heterocycles. The van der Waals surface area contributed by atoms with Crippen molar-refractivity contribution in [1.82, 2.24) is 4.90 Å². The molecule has 0 bridgehead atoms. The molecule has 0 radical (unpaired) electrons. The number of aliphatic carboxylic acids is 1. The minimum atomic E-state index is -1.34. The van der Waals surface area contributed by atoms with Crippen LogP contribution < -0.4 is 0 Å². The maximum atomic E-state index is 12.4. The van der Waals surface area contributed by atoms with E-state index in [0.29, 0.717) is 19.4 Å². The Balaban J connectivity index is 3.09. The van der Waals surface area contributed by atoms with Crippen LogP contribution in [0, 0.1) is 0 Å². The number of ether oxygens (including phenoxy) is 2. The summed E-state index contributed by atoms with van der Waals surface area (Å²) in [5.41, 5.74) is -2.01. The smallest absolute Gasteiger partial charge is 0.411 e. The summed E-state index contributed by atoms with van der Waals surface area (Å²) in [6.45, 7) is 9.36. The zero-order chi connectivity index (χ0) is 15.6. The van der Waals surface area contributed by atoms with Gasteiger partial charge in [-0.05, 0) is 47.5 Å². The monoisotopic (exact) mass is 287 g/mol. The molecule has 0 saturated carbocycles. The molecule has 116 valence electrons. The Morgan fingerprint density at radius 1 is 1.35 bits per heavy atom. The summed E-state index contributed by atoms with van der Waals surface area (Å²) in [5.74, 6) is -1.04. The van der Waals surface area contributed by atoms with Gasteiger partial charge in [0, 0.05) is 12.6 Å². The SMILES string of the molecule is CC(C)N(C(=O)OC(C)(C)C)C1(C(=O)O)CCCOC1. The minimum Gasteiger partial charge on any atom is -0.479 e. The molecule has 6 heteroatoms. The largest absolute Gasteiger partial charge is 0.479 e. The molecule has 1 amide bonds. The summed E-state index contributed by atoms with van der Waals surface area (Å²) in [7, 11) is 0. The number of carboxylic acids is 1. The molecule has 1 N–H and O–H groups in total. The van der Waals surface area contributed by atoms with E-state index in [0.717, 1.165) is 0 Å². The summed E-state index contributed by atoms with van der Waals surface area (Å²) in [5, 5.41) is 9.63. The molecule has 0 aromatic carbocycles. The van der Waals surface area contributed by atoms with E-state index in [-0.39, 0.29) is 12.6 Å². The van der Waals surface area contributed by atoms with E-state index < -0.39 is 23.2 Å². The number of hydrogen-bond donors (Lipinski definition) is 1. The van der Waals surface area contributed by atoms with Gasteiger partial charge in [-0.2, -0.15) is 0 Å². The van der Waals surface area contributed by atoms with E-state index in [1.807, 2.05) is 0 Å². The van der Waals surface area contributed by atoms with Crippen molar-refractivity contribution in [2.45, 2.75) is 64.6 Å². The lowest BCUT2D eigenvalue weighted by Gasteiger charge is -2.44. The quantitative estimate of drug-likeness (QED) is 0.861. The molecule has 1 fully saturated rings. The van der Waals surface area contributed by atoms with Crippen LogP contribution in [0.4, 0.5) is 4.79 Å². The second-order valence-electron chi connectivity index (χ2n) is 6.44. The molecule has 6 nitrogen and oxygen atoms in total. The predicted octanol–water partition coefficient (Wildman–Crippen LogP) is 2.27. The third-order valence-electron chi connectivity index (χ3n) is 3.19. The van der Waals surface area contributed by atoms with Crippen molar-refractivity contribution in [2.75, 3.05) is 13.2 Å². The first-order chi connectivity index (χ1) is 9.10. The topological polar surface area (TPSA) is 76.1 Å². The molecule has 1 atom stereocenters. The Morgan fingerprint density at radius 2 is 1.95 bits per heavy atom. The van der Waals surface area contributed by atoms with Crippen molar-refractivity contribution < 1.29 is 24.2 Å². The summed E-state index contributed by atoms with van der Waals surface area (Å²) in [6.07, 6.45) is 0.373. The second-order valence-corrected chi connectivity index (χ2v) is 6.44. The highest BCUT2D eigenvalue weighted by Gasteiger charge is 2.50. The Hall–Kier alpha value is -1.30. The van der Waals surface area contributed by atoms with E-state index in [4.69, 9.17) is 9.47 Å². The van der Waals surface area contributed by atoms with Gasteiger partial charge in [-0.1, -0.05) is 0 Å². The van der Waals surface area contributed by atoms with Gasteiger partial charge < -0.3 is 14.6 Å². The number of carbonyl (C=O) groups is 2. The van der Waals surface area contributed by atoms with E-state index in [9.17, 15) is 14.7 Å². The maximum absolute atomic E-state index is 12.4. The van der Waals surface area contributed by atoms with Crippen LogP contribution in [-0.2, 0) is 14.3 Å². The van der Waals surface area contributed by atoms with Crippen molar-refractivity contribution in [3.63, 3.8) is 0 Å². The van der Waals surface area contributed by atoms with Crippen molar-refractivity contribution in [1.29, 1.82) is 0 Å². The van der Waals surface area contributed by atoms with Crippen LogP contribution in [-0.4, -0.2) is 52.5 Å². The van der Waals surface area contributed by atoms with Crippen LogP contribution in [0.15, 0.2) is 0 Å². The van der Waals surface area contributed by atoms with E-state index >= 15 is 0 Å². The first-order valence-corrected chi connectivity index (χ1v) is 6.93. The highest BCUT2D eigenvalue weighted by molar-refractivity contribution is 5.85. The van der Waals surface area contributed by atoms with Crippen LogP contribution in [0.1, 0.15) is 47.5 Å². The number of carboxylic acid groups (broad SMARTS) is 1. The van der Waals surface area contributed by atoms with Crippen molar-refractivity contribution >= 4 is 12.1 Å². The van der Waals surface area contributed by atoms with E-state index in [1.165, 1.54) is 4.90 Å². The van der Waals surface area contributed by atoms with Crippen LogP contribution in [0.3, 0.4) is 0 Å². The van der Waals surface area contributed by atoms with Crippen molar-refractivity contribution in [2.24, 2.45) is 0 Å². The van der Waals surface area contributed by atoms with Gasteiger partial charge in [-0.3, -0.25) is 4.90 Å². The van der Waals surface area contributed by atoms with Gasteiger partial charge in [0.2, 0.25) is 0 Å². The Bertz CT molecular complexity index is 366. The van der Waals surface area contributed by atoms with Crippen LogP contribution in [0.5, 0.6) is 0 Å². The second kappa shape index (κ2) is 5.99. The third-order valence-corrected chi connectivity index (χ3v) is 3.19. The molecular weight excluding hydrogens is 262 g/mol. The lowest BCUT2D eigenvalue weighted by Crippen LogP contribution is -2.64. The summed E-state index contributed by atoms with van der Waals surface area (Å²) in [4.78, 5) is 25.5. The molecule has 0 spiro atoms. The molecule has 1 rings (SSSR count). The minimum absolute atomic E-state index is 0.000242. The molecule has 1 saturated heterocycles. The third kappa shape index (κ3) is 3.62. The van der Waals surface area contributed by atoms with Gasteiger partial charge in [0.15, 0.2) is 5.54 Å². The lowest BCUT2D eigenvalue weighted by molar-refractivity contribution is -0.162. The van der Waals surface area contributed by atoms with Gasteiger partial charge in [-0.15, -0.1) is 0 Å². The molecule has 1 aliphatic rings. The standard InChI is InChI=1S/C14H25NO5/c1-10(2)15(12(18)20-13(3,4)5)14(11(16)17)7-6-8-19-9-14/h10H,6-9H2,1-5H3,(H,16,17).